The summed E-state index contributed by atoms with van der Waals surface area (Å²) in [7, 11) is 0. The summed E-state index contributed by atoms with van der Waals surface area (Å²) in [6.45, 7) is 4.58. The molecule has 2 heterocycles. The van der Waals surface area contributed by atoms with Gasteiger partial charge in [0.1, 0.15) is 0 Å². The van der Waals surface area contributed by atoms with Gasteiger partial charge in [0.2, 0.25) is 0 Å². The van der Waals surface area contributed by atoms with Crippen LogP contribution < -0.4 is 10.2 Å². The van der Waals surface area contributed by atoms with E-state index < -0.39 is 11.9 Å². The third-order valence-corrected chi connectivity index (χ3v) is 6.13. The second kappa shape index (κ2) is 11.0. The first-order valence-electron chi connectivity index (χ1n) is 9.87. The largest absolute Gasteiger partial charge is 0.473 e. The summed E-state index contributed by atoms with van der Waals surface area (Å²) in [5, 5.41) is 18.5. The van der Waals surface area contributed by atoms with Gasteiger partial charge in [-0.2, -0.15) is 0 Å². The molecular formula is C22H26N2O5S. The van der Waals surface area contributed by atoms with Crippen molar-refractivity contribution in [1.82, 2.24) is 5.32 Å². The maximum Gasteiger partial charge on any atom is 0.414 e. The van der Waals surface area contributed by atoms with Crippen LogP contribution in [0, 0.1) is 0 Å². The minimum absolute atomic E-state index is 0.473. The summed E-state index contributed by atoms with van der Waals surface area (Å²) in [6, 6.07) is 18.3. The van der Waals surface area contributed by atoms with Crippen LogP contribution in [0.2, 0.25) is 0 Å². The van der Waals surface area contributed by atoms with E-state index in [9.17, 15) is 0 Å². The van der Waals surface area contributed by atoms with Gasteiger partial charge in [-0.05, 0) is 41.5 Å². The number of anilines is 1. The number of fused-ring (bicyclic) bond motifs is 1. The average molecular weight is 431 g/mol. The molecule has 0 saturated carbocycles. The van der Waals surface area contributed by atoms with E-state index in [4.69, 9.17) is 24.5 Å². The molecule has 2 aliphatic heterocycles. The Labute approximate surface area is 180 Å². The minimum Gasteiger partial charge on any atom is -0.473 e. The molecule has 0 amide bonds. The second-order valence-electron chi connectivity index (χ2n) is 6.98. The third kappa shape index (κ3) is 6.22. The van der Waals surface area contributed by atoms with E-state index in [2.05, 4.69) is 58.7 Å². The number of carboxylic acid groups (broad SMARTS) is 2. The van der Waals surface area contributed by atoms with Gasteiger partial charge >= 0.3 is 11.9 Å². The predicted molar refractivity (Wildman–Crippen MR) is 116 cm³/mol. The van der Waals surface area contributed by atoms with Gasteiger partial charge in [-0.1, -0.05) is 30.3 Å². The third-order valence-electron chi connectivity index (χ3n) is 5.01. The molecule has 7 nitrogen and oxygen atoms in total. The summed E-state index contributed by atoms with van der Waals surface area (Å²) < 4.78 is 5.43. The zero-order valence-electron chi connectivity index (χ0n) is 16.6. The molecule has 0 aliphatic carbocycles. The maximum atomic E-state index is 9.10. The van der Waals surface area contributed by atoms with Gasteiger partial charge in [-0.25, -0.2) is 9.59 Å². The summed E-state index contributed by atoms with van der Waals surface area (Å²) in [5.41, 5.74) is 4.11. The maximum absolute atomic E-state index is 9.10. The second-order valence-corrected chi connectivity index (χ2v) is 8.12. The Morgan fingerprint density at radius 2 is 1.70 bits per heavy atom. The number of carbonyl (C=O) groups is 2. The molecule has 0 radical (unpaired) electrons. The van der Waals surface area contributed by atoms with Gasteiger partial charge in [0.15, 0.2) is 0 Å². The molecule has 30 heavy (non-hydrogen) atoms. The van der Waals surface area contributed by atoms with E-state index in [-0.39, 0.29) is 0 Å². The lowest BCUT2D eigenvalue weighted by molar-refractivity contribution is -0.159. The van der Waals surface area contributed by atoms with E-state index in [0.717, 1.165) is 32.8 Å². The summed E-state index contributed by atoms with van der Waals surface area (Å²) >= 11 is 1.98. The number of aliphatic carboxylic acids is 2. The van der Waals surface area contributed by atoms with Crippen LogP contribution in [-0.2, 0) is 20.9 Å². The van der Waals surface area contributed by atoms with Crippen molar-refractivity contribution in [1.29, 1.82) is 0 Å². The van der Waals surface area contributed by atoms with Crippen LogP contribution in [0.15, 0.2) is 53.4 Å². The van der Waals surface area contributed by atoms with Crippen molar-refractivity contribution < 1.29 is 24.5 Å². The summed E-state index contributed by atoms with van der Waals surface area (Å²) in [6.07, 6.45) is 1.20. The van der Waals surface area contributed by atoms with E-state index in [0.29, 0.717) is 6.04 Å². The number of ether oxygens (including phenoxy) is 1. The zero-order chi connectivity index (χ0) is 21.3. The van der Waals surface area contributed by atoms with E-state index in [1.165, 1.54) is 33.9 Å². The number of rotatable bonds is 4. The predicted octanol–water partition coefficient (Wildman–Crippen LogP) is 3.01. The SMILES string of the molecule is O=C(O)C(=O)O.c1ccc2c(c1)SCCC2NCc1ccc(N2CCOCC2)cc1. The summed E-state index contributed by atoms with van der Waals surface area (Å²) in [5.74, 6) is -2.45. The van der Waals surface area contributed by atoms with Gasteiger partial charge in [0.25, 0.3) is 0 Å². The lowest BCUT2D eigenvalue weighted by atomic mass is 10.0. The molecule has 8 heteroatoms. The van der Waals surface area contributed by atoms with Crippen molar-refractivity contribution in [2.75, 3.05) is 37.0 Å². The Balaban J connectivity index is 0.000000377. The lowest BCUT2D eigenvalue weighted by Crippen LogP contribution is -2.36. The number of carboxylic acids is 2. The molecule has 4 rings (SSSR count). The number of benzene rings is 2. The first-order chi connectivity index (χ1) is 14.5. The standard InChI is InChI=1S/C20H24N2OS.C2H2O4/c1-2-4-20-18(3-1)19(9-14-24-20)21-15-16-5-7-17(8-6-16)22-10-12-23-13-11-22;3-1(4)2(5)6/h1-8,19,21H,9-15H2;(H,3,4)(H,5,6). The number of hydrogen-bond donors (Lipinski definition) is 3. The molecule has 0 spiro atoms. The van der Waals surface area contributed by atoms with E-state index in [1.807, 2.05) is 11.8 Å². The quantitative estimate of drug-likeness (QED) is 0.637. The molecule has 2 aliphatic rings. The number of nitrogens with one attached hydrogen (secondary N) is 1. The fraction of sp³-hybridized carbons (Fsp3) is 0.364. The monoisotopic (exact) mass is 430 g/mol. The molecule has 1 unspecified atom stereocenters. The fourth-order valence-electron chi connectivity index (χ4n) is 3.44. The number of morpholine rings is 1. The van der Waals surface area contributed by atoms with E-state index >= 15 is 0 Å². The highest BCUT2D eigenvalue weighted by molar-refractivity contribution is 7.99. The van der Waals surface area contributed by atoms with Crippen LogP contribution in [0.25, 0.3) is 0 Å². The van der Waals surface area contributed by atoms with Crippen LogP contribution in [0.5, 0.6) is 0 Å². The van der Waals surface area contributed by atoms with E-state index in [1.54, 1.807) is 0 Å². The molecule has 1 fully saturated rings. The zero-order valence-corrected chi connectivity index (χ0v) is 17.4. The smallest absolute Gasteiger partial charge is 0.414 e. The normalized spacial score (nSPS) is 18.0. The van der Waals surface area contributed by atoms with Crippen molar-refractivity contribution in [2.45, 2.75) is 23.9 Å². The van der Waals surface area contributed by atoms with Crippen molar-refractivity contribution in [3.8, 4) is 0 Å². The van der Waals surface area contributed by atoms with Gasteiger partial charge in [0.05, 0.1) is 13.2 Å². The Morgan fingerprint density at radius 1 is 1.03 bits per heavy atom. The highest BCUT2D eigenvalue weighted by Crippen LogP contribution is 2.35. The number of hydrogen-bond acceptors (Lipinski definition) is 6. The average Bonchev–Trinajstić information content (AvgIpc) is 2.79. The van der Waals surface area contributed by atoms with Crippen molar-refractivity contribution in [2.24, 2.45) is 0 Å². The summed E-state index contributed by atoms with van der Waals surface area (Å²) in [4.78, 5) is 22.0. The molecule has 160 valence electrons. The molecule has 1 saturated heterocycles. The van der Waals surface area contributed by atoms with Gasteiger partial charge < -0.3 is 25.2 Å². The van der Waals surface area contributed by atoms with Gasteiger partial charge in [0, 0.05) is 36.3 Å². The lowest BCUT2D eigenvalue weighted by Gasteiger charge is -2.29. The van der Waals surface area contributed by atoms with Gasteiger partial charge in [-0.3, -0.25) is 0 Å². The number of nitrogens with zero attached hydrogens (tertiary/aromatic N) is 1. The van der Waals surface area contributed by atoms with Crippen LogP contribution in [0.4, 0.5) is 5.69 Å². The van der Waals surface area contributed by atoms with Gasteiger partial charge in [-0.15, -0.1) is 11.8 Å². The molecule has 0 bridgehead atoms. The van der Waals surface area contributed by atoms with Crippen molar-refractivity contribution >= 4 is 29.4 Å². The van der Waals surface area contributed by atoms with Crippen LogP contribution in [-0.4, -0.2) is 54.2 Å². The fourth-order valence-corrected chi connectivity index (χ4v) is 4.57. The highest BCUT2D eigenvalue weighted by atomic mass is 32.2. The highest BCUT2D eigenvalue weighted by Gasteiger charge is 2.19. The Bertz CT molecular complexity index is 841. The molecule has 2 aromatic rings. The van der Waals surface area contributed by atoms with Crippen LogP contribution in [0.3, 0.4) is 0 Å². The molecule has 0 aromatic heterocycles. The van der Waals surface area contributed by atoms with Crippen molar-refractivity contribution in [3.63, 3.8) is 0 Å². The first-order valence-corrected chi connectivity index (χ1v) is 10.9. The Hall–Kier alpha value is -2.55. The van der Waals surface area contributed by atoms with Crippen LogP contribution in [0.1, 0.15) is 23.6 Å². The van der Waals surface area contributed by atoms with Crippen LogP contribution >= 0.6 is 11.8 Å². The molecule has 3 N–H and O–H groups in total. The number of thioether (sulfide) groups is 1. The molecular weight excluding hydrogens is 404 g/mol. The topological polar surface area (TPSA) is 99.1 Å². The Morgan fingerprint density at radius 3 is 2.37 bits per heavy atom. The molecule has 2 aromatic carbocycles. The Kier molecular flexibility index (Phi) is 8.12. The first kappa shape index (κ1) is 22.1. The molecule has 1 atom stereocenters. The minimum atomic E-state index is -1.82. The van der Waals surface area contributed by atoms with Crippen molar-refractivity contribution in [3.05, 3.63) is 59.7 Å².